The van der Waals surface area contributed by atoms with Gasteiger partial charge in [-0.05, 0) is 0 Å². The van der Waals surface area contributed by atoms with Crippen LogP contribution >= 0.6 is 11.8 Å². The van der Waals surface area contributed by atoms with Crippen LogP contribution in [0, 0.1) is 11.3 Å². The zero-order valence-corrected chi connectivity index (χ0v) is 13.7. The molecule has 2 heterocycles. The highest BCUT2D eigenvalue weighted by Gasteiger charge is 2.39. The molecule has 21 heavy (non-hydrogen) atoms. The van der Waals surface area contributed by atoms with Crippen molar-refractivity contribution in [3.8, 4) is 0 Å². The van der Waals surface area contributed by atoms with Crippen molar-refractivity contribution in [3.63, 3.8) is 0 Å². The Balaban J connectivity index is 1.90. The minimum Gasteiger partial charge on any atom is -0.391 e. The van der Waals surface area contributed by atoms with Gasteiger partial charge in [0.15, 0.2) is 0 Å². The summed E-state index contributed by atoms with van der Waals surface area (Å²) in [5.41, 5.74) is -0.477. The zero-order chi connectivity index (χ0) is 15.6. The van der Waals surface area contributed by atoms with Crippen molar-refractivity contribution >= 4 is 23.6 Å². The van der Waals surface area contributed by atoms with E-state index < -0.39 is 17.6 Å². The predicted molar refractivity (Wildman–Crippen MR) is 82.8 cm³/mol. The van der Waals surface area contributed by atoms with Crippen molar-refractivity contribution in [1.82, 2.24) is 15.5 Å². The second-order valence-corrected chi connectivity index (χ2v) is 7.77. The van der Waals surface area contributed by atoms with Crippen molar-refractivity contribution < 1.29 is 14.7 Å². The molecule has 6 nitrogen and oxygen atoms in total. The molecule has 0 aromatic carbocycles. The molecule has 2 amide bonds. The number of carbonyl (C=O) groups excluding carboxylic acids is 2. The Hall–Kier alpha value is -0.790. The standard InChI is InChI=1S/C14H25N3O3S/c1-14(2,3)13(20)17-8-21-7-10(17)12(19)16-5-9-4-15-6-11(9)18/h9-11,15,18H,4-8H2,1-3H3,(H,16,19). The first-order chi connectivity index (χ1) is 9.80. The molecule has 2 rings (SSSR count). The number of thioether (sulfide) groups is 1. The van der Waals surface area contributed by atoms with Gasteiger partial charge in [0, 0.05) is 36.7 Å². The minimum atomic E-state index is -0.477. The van der Waals surface area contributed by atoms with Gasteiger partial charge in [0.05, 0.1) is 12.0 Å². The molecule has 2 aliphatic rings. The summed E-state index contributed by atoms with van der Waals surface area (Å²) in [6, 6.07) is -0.395. The van der Waals surface area contributed by atoms with E-state index in [2.05, 4.69) is 10.6 Å². The van der Waals surface area contributed by atoms with Gasteiger partial charge >= 0.3 is 0 Å². The molecule has 3 atom stereocenters. The van der Waals surface area contributed by atoms with Crippen LogP contribution in [-0.2, 0) is 9.59 Å². The first kappa shape index (κ1) is 16.6. The number of nitrogens with one attached hydrogen (secondary N) is 2. The summed E-state index contributed by atoms with van der Waals surface area (Å²) in [6.07, 6.45) is -0.407. The van der Waals surface area contributed by atoms with Crippen LogP contribution in [0.4, 0.5) is 0 Å². The van der Waals surface area contributed by atoms with Gasteiger partial charge in [-0.3, -0.25) is 9.59 Å². The van der Waals surface area contributed by atoms with Gasteiger partial charge < -0.3 is 20.6 Å². The molecular formula is C14H25N3O3S. The summed E-state index contributed by atoms with van der Waals surface area (Å²) in [5.74, 6) is 1.16. The first-order valence-electron chi connectivity index (χ1n) is 7.36. The number of β-amino-alcohol motifs (C(OH)–C–C–N with tert-alkyl or cyclic N) is 1. The largest absolute Gasteiger partial charge is 0.391 e. The van der Waals surface area contributed by atoms with Gasteiger partial charge in [0.1, 0.15) is 6.04 Å². The van der Waals surface area contributed by atoms with E-state index in [0.717, 1.165) is 0 Å². The molecule has 2 fully saturated rings. The summed E-state index contributed by atoms with van der Waals surface area (Å²) in [5, 5.41) is 15.7. The van der Waals surface area contributed by atoms with Crippen molar-refractivity contribution in [3.05, 3.63) is 0 Å². The van der Waals surface area contributed by atoms with Crippen LogP contribution < -0.4 is 10.6 Å². The lowest BCUT2D eigenvalue weighted by Gasteiger charge is -2.29. The monoisotopic (exact) mass is 315 g/mol. The molecule has 0 bridgehead atoms. The maximum atomic E-state index is 12.4. The van der Waals surface area contributed by atoms with Gasteiger partial charge in [0.25, 0.3) is 0 Å². The second kappa shape index (κ2) is 6.54. The van der Waals surface area contributed by atoms with Crippen LogP contribution in [0.1, 0.15) is 20.8 Å². The predicted octanol–water partition coefficient (Wildman–Crippen LogP) is -0.369. The number of rotatable bonds is 3. The highest BCUT2D eigenvalue weighted by atomic mass is 32.2. The van der Waals surface area contributed by atoms with E-state index in [-0.39, 0.29) is 17.7 Å². The molecule has 3 unspecified atom stereocenters. The summed E-state index contributed by atoms with van der Waals surface area (Å²) >= 11 is 1.60. The van der Waals surface area contributed by atoms with Gasteiger partial charge in [-0.15, -0.1) is 11.8 Å². The van der Waals surface area contributed by atoms with Crippen LogP contribution in [0.25, 0.3) is 0 Å². The van der Waals surface area contributed by atoms with E-state index in [4.69, 9.17) is 0 Å². The molecule has 120 valence electrons. The average Bonchev–Trinajstić information content (AvgIpc) is 3.02. The number of nitrogens with zero attached hydrogens (tertiary/aromatic N) is 1. The Bertz CT molecular complexity index is 411. The Labute approximate surface area is 130 Å². The SMILES string of the molecule is CC(C)(C)C(=O)N1CSCC1C(=O)NCC1CNCC1O. The fourth-order valence-electron chi connectivity index (χ4n) is 2.57. The average molecular weight is 315 g/mol. The van der Waals surface area contributed by atoms with E-state index in [9.17, 15) is 14.7 Å². The lowest BCUT2D eigenvalue weighted by atomic mass is 9.94. The highest BCUT2D eigenvalue weighted by molar-refractivity contribution is 7.99. The molecule has 0 radical (unpaired) electrons. The smallest absolute Gasteiger partial charge is 0.243 e. The van der Waals surface area contributed by atoms with Crippen LogP contribution in [-0.4, -0.2) is 65.2 Å². The summed E-state index contributed by atoms with van der Waals surface area (Å²) in [4.78, 5) is 26.4. The molecule has 0 spiro atoms. The Morgan fingerprint density at radius 1 is 1.38 bits per heavy atom. The number of aliphatic hydroxyl groups is 1. The van der Waals surface area contributed by atoms with E-state index in [1.54, 1.807) is 16.7 Å². The fraction of sp³-hybridized carbons (Fsp3) is 0.857. The third-order valence-corrected chi connectivity index (χ3v) is 4.94. The maximum Gasteiger partial charge on any atom is 0.243 e. The maximum absolute atomic E-state index is 12.4. The molecule has 0 aliphatic carbocycles. The molecule has 2 aliphatic heterocycles. The molecule has 0 aromatic rings. The number of carbonyl (C=O) groups is 2. The minimum absolute atomic E-state index is 0.00946. The number of hydrogen-bond donors (Lipinski definition) is 3. The number of hydrogen-bond acceptors (Lipinski definition) is 5. The van der Waals surface area contributed by atoms with Crippen molar-refractivity contribution in [2.75, 3.05) is 31.3 Å². The topological polar surface area (TPSA) is 81.7 Å². The fourth-order valence-corrected chi connectivity index (χ4v) is 3.72. The van der Waals surface area contributed by atoms with Gasteiger partial charge in [-0.25, -0.2) is 0 Å². The third kappa shape index (κ3) is 3.90. The molecular weight excluding hydrogens is 290 g/mol. The lowest BCUT2D eigenvalue weighted by Crippen LogP contribution is -2.51. The summed E-state index contributed by atoms with van der Waals surface area (Å²) < 4.78 is 0. The lowest BCUT2D eigenvalue weighted by molar-refractivity contribution is -0.144. The molecule has 3 N–H and O–H groups in total. The van der Waals surface area contributed by atoms with E-state index in [1.165, 1.54) is 0 Å². The normalized spacial score (nSPS) is 29.7. The molecule has 0 saturated carbocycles. The Morgan fingerprint density at radius 3 is 2.67 bits per heavy atom. The van der Waals surface area contributed by atoms with Crippen molar-refractivity contribution in [2.45, 2.75) is 32.9 Å². The van der Waals surface area contributed by atoms with Crippen molar-refractivity contribution in [1.29, 1.82) is 0 Å². The number of aliphatic hydroxyl groups excluding tert-OH is 1. The van der Waals surface area contributed by atoms with E-state index in [0.29, 0.717) is 31.3 Å². The number of amides is 2. The summed E-state index contributed by atoms with van der Waals surface area (Å²) in [6.45, 7) is 7.35. The second-order valence-electron chi connectivity index (χ2n) is 6.77. The third-order valence-electron chi connectivity index (χ3n) is 3.93. The first-order valence-corrected chi connectivity index (χ1v) is 8.51. The van der Waals surface area contributed by atoms with Gasteiger partial charge in [0.2, 0.25) is 11.8 Å². The van der Waals surface area contributed by atoms with Crippen LogP contribution in [0.2, 0.25) is 0 Å². The van der Waals surface area contributed by atoms with Crippen molar-refractivity contribution in [2.24, 2.45) is 11.3 Å². The van der Waals surface area contributed by atoms with E-state index >= 15 is 0 Å². The zero-order valence-electron chi connectivity index (χ0n) is 12.9. The Kier molecular flexibility index (Phi) is 5.16. The van der Waals surface area contributed by atoms with Crippen LogP contribution in [0.15, 0.2) is 0 Å². The van der Waals surface area contributed by atoms with Gasteiger partial charge in [-0.2, -0.15) is 0 Å². The van der Waals surface area contributed by atoms with Gasteiger partial charge in [-0.1, -0.05) is 20.8 Å². The Morgan fingerprint density at radius 2 is 2.10 bits per heavy atom. The molecule has 2 saturated heterocycles. The van der Waals surface area contributed by atoms with E-state index in [1.807, 2.05) is 20.8 Å². The molecule has 7 heteroatoms. The summed E-state index contributed by atoms with van der Waals surface area (Å²) in [7, 11) is 0. The highest BCUT2D eigenvalue weighted by Crippen LogP contribution is 2.27. The quantitative estimate of drug-likeness (QED) is 0.662. The molecule has 0 aromatic heterocycles. The van der Waals surface area contributed by atoms with Crippen LogP contribution in [0.5, 0.6) is 0 Å². The van der Waals surface area contributed by atoms with Crippen LogP contribution in [0.3, 0.4) is 0 Å².